The molecule has 0 aromatic heterocycles. The second kappa shape index (κ2) is 2.25. The van der Waals surface area contributed by atoms with Gasteiger partial charge >= 0.3 is 5.97 Å². The molecule has 2 heterocycles. The molecule has 4 nitrogen and oxygen atoms in total. The minimum atomic E-state index is -0.865. The van der Waals surface area contributed by atoms with Crippen molar-refractivity contribution in [2.75, 3.05) is 6.54 Å². The maximum Gasteiger partial charge on any atom is 0.329 e. The molecule has 4 heteroatoms. The minimum Gasteiger partial charge on any atom is -0.479 e. The first-order valence-electron chi connectivity index (χ1n) is 4.51. The van der Waals surface area contributed by atoms with Crippen LogP contribution in [0.25, 0.3) is 0 Å². The molecular formula is C9H13NO3. The quantitative estimate of drug-likeness (QED) is 0.637. The molecule has 1 N–H and O–H groups in total. The van der Waals surface area contributed by atoms with E-state index in [4.69, 9.17) is 5.11 Å². The number of aliphatic carboxylic acids is 1. The standard InChI is InChI=1S/C9H13NO3/c1-5-7-3-9(5,8(12)13)10(4-7)6(2)11/h5,7H,3-4H2,1-2H3,(H,12,13)/t5-,7+,9+/m1/s1. The Morgan fingerprint density at radius 2 is 2.15 bits per heavy atom. The fourth-order valence-corrected chi connectivity index (χ4v) is 2.77. The maximum absolute atomic E-state index is 11.2. The summed E-state index contributed by atoms with van der Waals surface area (Å²) >= 11 is 0. The SMILES string of the molecule is CC(=O)N1C[C@@H]2C[C@@]1(C(=O)O)[C@@H]2C. The number of hydrogen-bond donors (Lipinski definition) is 1. The lowest BCUT2D eigenvalue weighted by Crippen LogP contribution is -2.59. The summed E-state index contributed by atoms with van der Waals surface area (Å²) in [5, 5.41) is 9.11. The van der Waals surface area contributed by atoms with E-state index in [1.807, 2.05) is 6.92 Å². The first kappa shape index (κ1) is 8.53. The second-order valence-corrected chi connectivity index (χ2v) is 4.11. The van der Waals surface area contributed by atoms with Crippen LogP contribution in [0.15, 0.2) is 0 Å². The maximum atomic E-state index is 11.2. The lowest BCUT2D eigenvalue weighted by Gasteiger charge is -2.43. The molecular weight excluding hydrogens is 170 g/mol. The Hall–Kier alpha value is -1.06. The van der Waals surface area contributed by atoms with Crippen molar-refractivity contribution < 1.29 is 14.7 Å². The van der Waals surface area contributed by atoms with Gasteiger partial charge in [-0.15, -0.1) is 0 Å². The van der Waals surface area contributed by atoms with Crippen molar-refractivity contribution in [1.82, 2.24) is 4.90 Å². The topological polar surface area (TPSA) is 57.6 Å². The molecule has 0 spiro atoms. The lowest BCUT2D eigenvalue weighted by atomic mass is 9.64. The first-order chi connectivity index (χ1) is 6.00. The van der Waals surface area contributed by atoms with Crippen molar-refractivity contribution in [2.24, 2.45) is 11.8 Å². The van der Waals surface area contributed by atoms with Gasteiger partial charge in [-0.25, -0.2) is 4.79 Å². The highest BCUT2D eigenvalue weighted by Gasteiger charge is 2.67. The number of rotatable bonds is 1. The number of fused-ring (bicyclic) bond motifs is 1. The molecule has 2 aliphatic heterocycles. The molecule has 1 aliphatic carbocycles. The third kappa shape index (κ3) is 0.759. The zero-order chi connectivity index (χ0) is 9.80. The molecule has 3 atom stereocenters. The molecule has 2 saturated heterocycles. The van der Waals surface area contributed by atoms with Crippen LogP contribution in [0.2, 0.25) is 0 Å². The molecule has 0 radical (unpaired) electrons. The summed E-state index contributed by atoms with van der Waals surface area (Å²) in [5.41, 5.74) is -0.865. The molecule has 1 amide bonds. The zero-order valence-corrected chi connectivity index (χ0v) is 7.78. The number of carboxylic acids is 1. The van der Waals surface area contributed by atoms with E-state index in [9.17, 15) is 9.59 Å². The van der Waals surface area contributed by atoms with Crippen LogP contribution in [0.3, 0.4) is 0 Å². The molecule has 1 saturated carbocycles. The number of carbonyl (C=O) groups excluding carboxylic acids is 1. The molecule has 0 aromatic rings. The molecule has 3 rings (SSSR count). The van der Waals surface area contributed by atoms with Crippen molar-refractivity contribution in [2.45, 2.75) is 25.8 Å². The van der Waals surface area contributed by atoms with Crippen molar-refractivity contribution in [3.8, 4) is 0 Å². The Morgan fingerprint density at radius 3 is 2.46 bits per heavy atom. The number of hydrogen-bond acceptors (Lipinski definition) is 2. The molecule has 3 aliphatic rings. The number of amides is 1. The van der Waals surface area contributed by atoms with Crippen molar-refractivity contribution in [1.29, 1.82) is 0 Å². The van der Waals surface area contributed by atoms with Crippen LogP contribution in [0.4, 0.5) is 0 Å². The van der Waals surface area contributed by atoms with E-state index in [1.54, 1.807) is 0 Å². The van der Waals surface area contributed by atoms with Gasteiger partial charge in [-0.2, -0.15) is 0 Å². The van der Waals surface area contributed by atoms with Crippen molar-refractivity contribution >= 4 is 11.9 Å². The van der Waals surface area contributed by atoms with Crippen LogP contribution in [0.5, 0.6) is 0 Å². The van der Waals surface area contributed by atoms with Crippen LogP contribution in [0.1, 0.15) is 20.3 Å². The van der Waals surface area contributed by atoms with Gasteiger partial charge in [-0.3, -0.25) is 4.79 Å². The van der Waals surface area contributed by atoms with Crippen LogP contribution in [0, 0.1) is 11.8 Å². The summed E-state index contributed by atoms with van der Waals surface area (Å²) in [6.07, 6.45) is 0.642. The molecule has 3 fully saturated rings. The predicted octanol–water partition coefficient (Wildman–Crippen LogP) is 0.328. The third-order valence-corrected chi connectivity index (χ3v) is 3.68. The summed E-state index contributed by atoms with van der Waals surface area (Å²) in [6.45, 7) is 3.99. The van der Waals surface area contributed by atoms with Gasteiger partial charge in [-0.05, 0) is 18.3 Å². The Morgan fingerprint density at radius 1 is 1.54 bits per heavy atom. The van der Waals surface area contributed by atoms with Gasteiger partial charge < -0.3 is 10.0 Å². The molecule has 72 valence electrons. The highest BCUT2D eigenvalue weighted by Crippen LogP contribution is 2.55. The van der Waals surface area contributed by atoms with Crippen LogP contribution in [-0.2, 0) is 9.59 Å². The molecule has 2 bridgehead atoms. The summed E-state index contributed by atoms with van der Waals surface area (Å²) in [4.78, 5) is 23.8. The smallest absolute Gasteiger partial charge is 0.329 e. The van der Waals surface area contributed by atoms with Crippen LogP contribution >= 0.6 is 0 Å². The van der Waals surface area contributed by atoms with Crippen LogP contribution < -0.4 is 0 Å². The van der Waals surface area contributed by atoms with E-state index in [-0.39, 0.29) is 11.8 Å². The van der Waals surface area contributed by atoms with Crippen molar-refractivity contribution in [3.05, 3.63) is 0 Å². The summed E-state index contributed by atoms with van der Waals surface area (Å²) in [6, 6.07) is 0. The number of carbonyl (C=O) groups is 2. The number of carboxylic acid groups (broad SMARTS) is 1. The Labute approximate surface area is 76.5 Å². The van der Waals surface area contributed by atoms with E-state index in [0.29, 0.717) is 18.9 Å². The van der Waals surface area contributed by atoms with Gasteiger partial charge in [0, 0.05) is 13.5 Å². The Bertz CT molecular complexity index is 287. The van der Waals surface area contributed by atoms with Gasteiger partial charge in [0.1, 0.15) is 5.54 Å². The van der Waals surface area contributed by atoms with E-state index in [2.05, 4.69) is 0 Å². The summed E-state index contributed by atoms with van der Waals surface area (Å²) < 4.78 is 0. The van der Waals surface area contributed by atoms with Gasteiger partial charge in [0.2, 0.25) is 5.91 Å². The summed E-state index contributed by atoms with van der Waals surface area (Å²) in [5.74, 6) is -0.438. The fraction of sp³-hybridized carbons (Fsp3) is 0.778. The molecule has 0 aromatic carbocycles. The average molecular weight is 183 g/mol. The molecule has 0 unspecified atom stereocenters. The van der Waals surface area contributed by atoms with Gasteiger partial charge in [0.15, 0.2) is 0 Å². The monoisotopic (exact) mass is 183 g/mol. The van der Waals surface area contributed by atoms with E-state index in [0.717, 1.165) is 0 Å². The predicted molar refractivity (Wildman–Crippen MR) is 45.0 cm³/mol. The summed E-state index contributed by atoms with van der Waals surface area (Å²) in [7, 11) is 0. The van der Waals surface area contributed by atoms with Gasteiger partial charge in [0.25, 0.3) is 0 Å². The Balaban J connectivity index is 2.34. The third-order valence-electron chi connectivity index (χ3n) is 3.68. The fourth-order valence-electron chi connectivity index (χ4n) is 2.77. The van der Waals surface area contributed by atoms with Gasteiger partial charge in [-0.1, -0.05) is 6.92 Å². The average Bonchev–Trinajstić information content (AvgIpc) is 2.55. The van der Waals surface area contributed by atoms with E-state index in [1.165, 1.54) is 11.8 Å². The number of nitrogens with zero attached hydrogens (tertiary/aromatic N) is 1. The molecule has 13 heavy (non-hydrogen) atoms. The van der Waals surface area contributed by atoms with E-state index < -0.39 is 11.5 Å². The van der Waals surface area contributed by atoms with Crippen molar-refractivity contribution in [3.63, 3.8) is 0 Å². The van der Waals surface area contributed by atoms with Gasteiger partial charge in [0.05, 0.1) is 0 Å². The second-order valence-electron chi connectivity index (χ2n) is 4.11. The minimum absolute atomic E-state index is 0.116. The normalized spacial score (nSPS) is 41.5. The Kier molecular flexibility index (Phi) is 1.47. The van der Waals surface area contributed by atoms with Crippen LogP contribution in [-0.4, -0.2) is 34.0 Å². The highest BCUT2D eigenvalue weighted by atomic mass is 16.4. The zero-order valence-electron chi connectivity index (χ0n) is 7.78. The first-order valence-corrected chi connectivity index (χ1v) is 4.51. The highest BCUT2D eigenvalue weighted by molar-refractivity contribution is 5.89. The lowest BCUT2D eigenvalue weighted by molar-refractivity contribution is -0.162. The van der Waals surface area contributed by atoms with E-state index >= 15 is 0 Å². The largest absolute Gasteiger partial charge is 0.479 e.